The largest absolute Gasteiger partial charge is 0.507 e. The van der Waals surface area contributed by atoms with Crippen molar-refractivity contribution < 1.29 is 14.3 Å². The number of hydrogen-bond acceptors (Lipinski definition) is 4. The molecule has 0 unspecified atom stereocenters. The molecule has 0 spiro atoms. The normalized spacial score (nSPS) is 11.0. The number of nitrogens with one attached hydrogen (secondary N) is 1. The summed E-state index contributed by atoms with van der Waals surface area (Å²) in [7, 11) is 0. The molecule has 0 aliphatic heterocycles. The van der Waals surface area contributed by atoms with Gasteiger partial charge in [-0.1, -0.05) is 29.8 Å². The minimum Gasteiger partial charge on any atom is -0.507 e. The second-order valence-corrected chi connectivity index (χ2v) is 7.02. The molecule has 4 aromatic rings. The molecule has 1 aromatic heterocycles. The smallest absolute Gasteiger partial charge is 0.257 e. The molecule has 0 fully saturated rings. The van der Waals surface area contributed by atoms with Gasteiger partial charge in [-0.25, -0.2) is 4.98 Å². The lowest BCUT2D eigenvalue weighted by Crippen LogP contribution is -2.12. The van der Waals surface area contributed by atoms with Crippen molar-refractivity contribution in [3.05, 3.63) is 76.3 Å². The van der Waals surface area contributed by atoms with E-state index in [1.54, 1.807) is 43.3 Å². The maximum Gasteiger partial charge on any atom is 0.257 e. The van der Waals surface area contributed by atoms with E-state index in [-0.39, 0.29) is 17.5 Å². The third-order valence-corrected chi connectivity index (χ3v) is 4.78. The van der Waals surface area contributed by atoms with Gasteiger partial charge < -0.3 is 14.8 Å². The number of aromatic nitrogens is 1. The van der Waals surface area contributed by atoms with Crippen LogP contribution < -0.4 is 5.32 Å². The lowest BCUT2D eigenvalue weighted by atomic mass is 10.1. The Labute approximate surface area is 166 Å². The van der Waals surface area contributed by atoms with E-state index in [1.165, 1.54) is 0 Å². The molecule has 1 heterocycles. The number of benzene rings is 3. The molecule has 4 rings (SSSR count). The number of carbonyl (C=O) groups is 1. The second kappa shape index (κ2) is 7.02. The summed E-state index contributed by atoms with van der Waals surface area (Å²) in [5, 5.41) is 13.7. The maximum absolute atomic E-state index is 12.6. The van der Waals surface area contributed by atoms with Crippen LogP contribution in [0.5, 0.6) is 5.75 Å². The summed E-state index contributed by atoms with van der Waals surface area (Å²) in [4.78, 5) is 17.0. The predicted molar refractivity (Wildman–Crippen MR) is 110 cm³/mol. The van der Waals surface area contributed by atoms with Crippen molar-refractivity contribution in [2.45, 2.75) is 13.8 Å². The Morgan fingerprint density at radius 3 is 2.68 bits per heavy atom. The minimum atomic E-state index is -0.338. The lowest BCUT2D eigenvalue weighted by molar-refractivity contribution is 0.102. The highest BCUT2D eigenvalue weighted by molar-refractivity contribution is 6.34. The van der Waals surface area contributed by atoms with Gasteiger partial charge in [0, 0.05) is 5.69 Å². The number of hydrogen-bond donors (Lipinski definition) is 2. The Morgan fingerprint density at radius 1 is 1.11 bits per heavy atom. The molecule has 0 aliphatic carbocycles. The van der Waals surface area contributed by atoms with Gasteiger partial charge in [0.25, 0.3) is 5.91 Å². The van der Waals surface area contributed by atoms with Crippen LogP contribution in [0.2, 0.25) is 5.02 Å². The average Bonchev–Trinajstić information content (AvgIpc) is 3.07. The number of amides is 1. The molecule has 0 radical (unpaired) electrons. The molecule has 28 heavy (non-hydrogen) atoms. The van der Waals surface area contributed by atoms with Crippen LogP contribution in [-0.4, -0.2) is 16.0 Å². The average molecular weight is 393 g/mol. The summed E-state index contributed by atoms with van der Waals surface area (Å²) in [6.45, 7) is 3.72. The van der Waals surface area contributed by atoms with Crippen molar-refractivity contribution in [1.29, 1.82) is 0 Å². The van der Waals surface area contributed by atoms with E-state index in [1.807, 2.05) is 25.1 Å². The number of oxazole rings is 1. The first-order valence-electron chi connectivity index (χ1n) is 8.69. The second-order valence-electron chi connectivity index (χ2n) is 6.61. The molecular weight excluding hydrogens is 376 g/mol. The topological polar surface area (TPSA) is 75.4 Å². The number of phenols is 1. The first-order valence-corrected chi connectivity index (χ1v) is 9.07. The number of fused-ring (bicyclic) bond motifs is 1. The summed E-state index contributed by atoms with van der Waals surface area (Å²) in [5.41, 5.74) is 4.27. The van der Waals surface area contributed by atoms with E-state index >= 15 is 0 Å². The van der Waals surface area contributed by atoms with Gasteiger partial charge in [0.05, 0.1) is 16.1 Å². The molecule has 0 bridgehead atoms. The molecule has 0 atom stereocenters. The van der Waals surface area contributed by atoms with Crippen LogP contribution >= 0.6 is 11.6 Å². The fraction of sp³-hybridized carbons (Fsp3) is 0.0909. The van der Waals surface area contributed by atoms with Crippen molar-refractivity contribution >= 4 is 34.3 Å². The van der Waals surface area contributed by atoms with E-state index < -0.39 is 0 Å². The Balaban J connectivity index is 1.73. The third-order valence-electron chi connectivity index (χ3n) is 4.45. The lowest BCUT2D eigenvalue weighted by Gasteiger charge is -2.11. The Morgan fingerprint density at radius 2 is 1.89 bits per heavy atom. The molecule has 0 saturated heterocycles. The summed E-state index contributed by atoms with van der Waals surface area (Å²) in [6.07, 6.45) is 0. The van der Waals surface area contributed by atoms with Crippen molar-refractivity contribution in [1.82, 2.24) is 4.98 Å². The van der Waals surface area contributed by atoms with Crippen molar-refractivity contribution in [3.63, 3.8) is 0 Å². The highest BCUT2D eigenvalue weighted by Crippen LogP contribution is 2.36. The Hall–Kier alpha value is -3.31. The summed E-state index contributed by atoms with van der Waals surface area (Å²) in [5.74, 6) is 0.00360. The van der Waals surface area contributed by atoms with Gasteiger partial charge in [0.15, 0.2) is 5.58 Å². The van der Waals surface area contributed by atoms with Crippen LogP contribution in [0.25, 0.3) is 22.6 Å². The van der Waals surface area contributed by atoms with Crippen molar-refractivity contribution in [2.24, 2.45) is 0 Å². The number of aryl methyl sites for hydroxylation is 2. The van der Waals surface area contributed by atoms with Crippen LogP contribution in [0, 0.1) is 13.8 Å². The molecule has 1 amide bonds. The Bertz CT molecular complexity index is 1210. The van der Waals surface area contributed by atoms with Gasteiger partial charge in [-0.15, -0.1) is 0 Å². The van der Waals surface area contributed by atoms with Gasteiger partial charge in [-0.3, -0.25) is 4.79 Å². The Kier molecular flexibility index (Phi) is 4.53. The van der Waals surface area contributed by atoms with Crippen LogP contribution in [0.3, 0.4) is 0 Å². The first kappa shape index (κ1) is 18.1. The highest BCUT2D eigenvalue weighted by Gasteiger charge is 2.17. The van der Waals surface area contributed by atoms with E-state index in [0.29, 0.717) is 38.5 Å². The number of rotatable bonds is 3. The van der Waals surface area contributed by atoms with Gasteiger partial charge in [-0.05, 0) is 61.4 Å². The number of halogens is 1. The van der Waals surface area contributed by atoms with Gasteiger partial charge in [0.1, 0.15) is 11.3 Å². The summed E-state index contributed by atoms with van der Waals surface area (Å²) < 4.78 is 5.80. The summed E-state index contributed by atoms with van der Waals surface area (Å²) >= 11 is 6.10. The zero-order chi connectivity index (χ0) is 19.8. The maximum atomic E-state index is 12.6. The monoisotopic (exact) mass is 392 g/mol. The minimum absolute atomic E-state index is 0.0546. The molecule has 0 aliphatic rings. The van der Waals surface area contributed by atoms with Crippen molar-refractivity contribution in [2.75, 3.05) is 5.32 Å². The fourth-order valence-corrected chi connectivity index (χ4v) is 3.23. The number of nitrogens with zero attached hydrogens (tertiary/aromatic N) is 1. The predicted octanol–water partition coefficient (Wildman–Crippen LogP) is 5.72. The fourth-order valence-electron chi connectivity index (χ4n) is 3.01. The molecule has 5 nitrogen and oxygen atoms in total. The molecular formula is C22H17ClN2O3. The van der Waals surface area contributed by atoms with E-state index in [0.717, 1.165) is 5.56 Å². The van der Waals surface area contributed by atoms with Gasteiger partial charge in [-0.2, -0.15) is 0 Å². The quantitative estimate of drug-likeness (QED) is 0.437. The SMILES string of the molecule is Cc1ccc2oc(-c3cc(NC(=O)c4ccccc4Cl)cc(C)c3O)nc2c1. The zero-order valence-corrected chi connectivity index (χ0v) is 16.0. The number of phenolic OH excluding ortho intramolecular Hbond substituents is 1. The summed E-state index contributed by atoms with van der Waals surface area (Å²) in [6, 6.07) is 15.8. The van der Waals surface area contributed by atoms with Crippen LogP contribution in [0.1, 0.15) is 21.5 Å². The number of aromatic hydroxyl groups is 1. The zero-order valence-electron chi connectivity index (χ0n) is 15.3. The van der Waals surface area contributed by atoms with Crippen molar-refractivity contribution in [3.8, 4) is 17.2 Å². The van der Waals surface area contributed by atoms with Crippen LogP contribution in [-0.2, 0) is 0 Å². The highest BCUT2D eigenvalue weighted by atomic mass is 35.5. The number of anilines is 1. The molecule has 0 saturated carbocycles. The molecule has 140 valence electrons. The third kappa shape index (κ3) is 3.32. The van der Waals surface area contributed by atoms with Gasteiger partial charge >= 0.3 is 0 Å². The first-order chi connectivity index (χ1) is 13.4. The van der Waals surface area contributed by atoms with E-state index in [4.69, 9.17) is 16.0 Å². The van der Waals surface area contributed by atoms with Crippen LogP contribution in [0.4, 0.5) is 5.69 Å². The van der Waals surface area contributed by atoms with Gasteiger partial charge in [0.2, 0.25) is 5.89 Å². The van der Waals surface area contributed by atoms with E-state index in [9.17, 15) is 9.90 Å². The molecule has 6 heteroatoms. The molecule has 2 N–H and O–H groups in total. The standard InChI is InChI=1S/C22H17ClN2O3/c1-12-7-8-19-18(9-12)25-22(28-19)16-11-14(10-13(2)20(16)26)24-21(27)15-5-3-4-6-17(15)23/h3-11,26H,1-2H3,(H,24,27). The van der Waals surface area contributed by atoms with Crippen LogP contribution in [0.15, 0.2) is 59.0 Å². The molecule has 3 aromatic carbocycles. The van der Waals surface area contributed by atoms with E-state index in [2.05, 4.69) is 10.3 Å². The number of carbonyl (C=O) groups excluding carboxylic acids is 1.